The van der Waals surface area contributed by atoms with Crippen molar-refractivity contribution < 1.29 is 9.53 Å². The van der Waals surface area contributed by atoms with Gasteiger partial charge in [0.05, 0.1) is 19.9 Å². The number of nitrogens with zero attached hydrogens (tertiary/aromatic N) is 3. The highest BCUT2D eigenvalue weighted by atomic mass is 32.1. The molecule has 0 atom stereocenters. The summed E-state index contributed by atoms with van der Waals surface area (Å²) in [6.07, 6.45) is 0. The molecule has 3 heterocycles. The Balaban J connectivity index is 1.69. The molecule has 2 aromatic rings. The normalized spacial score (nSPS) is 19.0. The van der Waals surface area contributed by atoms with Crippen molar-refractivity contribution in [1.82, 2.24) is 10.0 Å². The van der Waals surface area contributed by atoms with E-state index < -0.39 is 0 Å². The van der Waals surface area contributed by atoms with Gasteiger partial charge in [0, 0.05) is 35.6 Å². The summed E-state index contributed by atoms with van der Waals surface area (Å²) in [5.74, 6) is 0.0704. The van der Waals surface area contributed by atoms with Crippen LogP contribution in [0.15, 0.2) is 30.3 Å². The Morgan fingerprint density at radius 1 is 1.08 bits per heavy atom. The van der Waals surface area contributed by atoms with Crippen LogP contribution in [0.25, 0.3) is 0 Å². The van der Waals surface area contributed by atoms with E-state index in [1.807, 2.05) is 35.2 Å². The molecule has 1 amide bonds. The fraction of sp³-hybridized carbons (Fsp3) is 0.421. The van der Waals surface area contributed by atoms with E-state index in [0.717, 1.165) is 43.4 Å². The number of rotatable bonds is 2. The van der Waals surface area contributed by atoms with Gasteiger partial charge in [0.25, 0.3) is 5.91 Å². The third-order valence-electron chi connectivity index (χ3n) is 5.03. The number of hydrogen-bond donors (Lipinski definition) is 0. The number of thiophene rings is 1. The van der Waals surface area contributed by atoms with Gasteiger partial charge in [0.2, 0.25) is 0 Å². The number of benzene rings is 1. The lowest BCUT2D eigenvalue weighted by Crippen LogP contribution is -2.55. The van der Waals surface area contributed by atoms with Gasteiger partial charge in [-0.15, -0.1) is 11.3 Å². The summed E-state index contributed by atoms with van der Waals surface area (Å²) in [4.78, 5) is 16.4. The highest BCUT2D eigenvalue weighted by Crippen LogP contribution is 2.40. The Morgan fingerprint density at radius 2 is 1.80 bits per heavy atom. The maximum atomic E-state index is 13.2. The molecular formula is C19H23N3O2S. The molecule has 0 N–H and O–H groups in total. The topological polar surface area (TPSA) is 36.0 Å². The largest absolute Gasteiger partial charge is 0.379 e. The molecule has 4 rings (SSSR count). The Morgan fingerprint density at radius 3 is 2.52 bits per heavy atom. The molecule has 0 bridgehead atoms. The number of aryl methyl sites for hydroxylation is 1. The average Bonchev–Trinajstić information content (AvgIpc) is 2.96. The van der Waals surface area contributed by atoms with Gasteiger partial charge in [0.15, 0.2) is 0 Å². The lowest BCUT2D eigenvalue weighted by molar-refractivity contribution is -0.0964. The van der Waals surface area contributed by atoms with Crippen molar-refractivity contribution >= 4 is 22.2 Å². The van der Waals surface area contributed by atoms with Gasteiger partial charge in [0.1, 0.15) is 5.00 Å². The summed E-state index contributed by atoms with van der Waals surface area (Å²) < 4.78 is 5.48. The van der Waals surface area contributed by atoms with Crippen LogP contribution in [0, 0.1) is 13.8 Å². The zero-order chi connectivity index (χ0) is 17.4. The first-order valence-electron chi connectivity index (χ1n) is 8.68. The minimum Gasteiger partial charge on any atom is -0.379 e. The first-order valence-corrected chi connectivity index (χ1v) is 9.50. The molecule has 5 nitrogen and oxygen atoms in total. The first kappa shape index (κ1) is 16.7. The Labute approximate surface area is 152 Å². The molecule has 25 heavy (non-hydrogen) atoms. The maximum Gasteiger partial charge on any atom is 0.260 e. The Kier molecular flexibility index (Phi) is 4.60. The van der Waals surface area contributed by atoms with Gasteiger partial charge >= 0.3 is 0 Å². The number of hydrogen-bond acceptors (Lipinski definition) is 5. The van der Waals surface area contributed by atoms with Crippen molar-refractivity contribution in [3.8, 4) is 0 Å². The predicted octanol–water partition coefficient (Wildman–Crippen LogP) is 3.03. The van der Waals surface area contributed by atoms with E-state index in [1.165, 1.54) is 16.0 Å². The smallest absolute Gasteiger partial charge is 0.260 e. The summed E-state index contributed by atoms with van der Waals surface area (Å²) in [6.45, 7) is 9.02. The molecule has 1 aromatic heterocycles. The van der Waals surface area contributed by atoms with E-state index in [9.17, 15) is 4.79 Å². The Hall–Kier alpha value is -1.73. The fourth-order valence-corrected chi connectivity index (χ4v) is 4.60. The molecule has 1 fully saturated rings. The van der Waals surface area contributed by atoms with Gasteiger partial charge in [-0.05, 0) is 31.5 Å². The molecule has 0 spiro atoms. The predicted molar refractivity (Wildman–Crippen MR) is 99.8 cm³/mol. The number of carbonyl (C=O) groups is 1. The first-order chi connectivity index (χ1) is 12.1. The number of morpholine rings is 1. The molecule has 0 unspecified atom stereocenters. The van der Waals surface area contributed by atoms with E-state index >= 15 is 0 Å². The van der Waals surface area contributed by atoms with E-state index in [0.29, 0.717) is 6.67 Å². The Bertz CT molecular complexity index is 768. The van der Waals surface area contributed by atoms with Crippen LogP contribution in [-0.4, -0.2) is 48.9 Å². The van der Waals surface area contributed by atoms with E-state index in [2.05, 4.69) is 23.9 Å². The molecule has 0 radical (unpaired) electrons. The van der Waals surface area contributed by atoms with E-state index in [1.54, 1.807) is 11.3 Å². The molecule has 1 aromatic carbocycles. The molecule has 6 heteroatoms. The van der Waals surface area contributed by atoms with Gasteiger partial charge in [-0.25, -0.2) is 10.0 Å². The minimum absolute atomic E-state index is 0.0704. The lowest BCUT2D eigenvalue weighted by Gasteiger charge is -2.43. The molecule has 2 aliphatic heterocycles. The van der Waals surface area contributed by atoms with Crippen LogP contribution < -0.4 is 4.90 Å². The molecule has 0 saturated carbocycles. The number of fused-ring (bicyclic) bond motifs is 1. The van der Waals surface area contributed by atoms with Gasteiger partial charge in [-0.3, -0.25) is 9.69 Å². The van der Waals surface area contributed by atoms with E-state index in [4.69, 9.17) is 4.74 Å². The van der Waals surface area contributed by atoms with Crippen LogP contribution in [0.5, 0.6) is 0 Å². The fourth-order valence-electron chi connectivity index (χ4n) is 3.44. The van der Waals surface area contributed by atoms with Crippen molar-refractivity contribution in [2.24, 2.45) is 0 Å². The highest BCUT2D eigenvalue weighted by Gasteiger charge is 2.34. The van der Waals surface area contributed by atoms with Crippen LogP contribution in [0.2, 0.25) is 0 Å². The van der Waals surface area contributed by atoms with E-state index in [-0.39, 0.29) is 5.91 Å². The number of anilines is 1. The van der Waals surface area contributed by atoms with Crippen molar-refractivity contribution in [1.29, 1.82) is 0 Å². The number of hydrazine groups is 1. The van der Waals surface area contributed by atoms with Crippen LogP contribution in [-0.2, 0) is 11.3 Å². The van der Waals surface area contributed by atoms with Crippen LogP contribution in [0.1, 0.15) is 26.4 Å². The zero-order valence-corrected chi connectivity index (χ0v) is 15.5. The summed E-state index contributed by atoms with van der Waals surface area (Å²) >= 11 is 1.73. The van der Waals surface area contributed by atoms with Crippen LogP contribution in [0.3, 0.4) is 0 Å². The SMILES string of the molecule is Cc1sc2c(c1C)CN(N1CCOCC1)CN2C(=O)c1ccccc1. The highest BCUT2D eigenvalue weighted by molar-refractivity contribution is 7.16. The molecule has 2 aliphatic rings. The van der Waals surface area contributed by atoms with Crippen LogP contribution >= 0.6 is 11.3 Å². The second-order valence-corrected chi connectivity index (χ2v) is 7.74. The average molecular weight is 357 g/mol. The third-order valence-corrected chi connectivity index (χ3v) is 6.31. The zero-order valence-electron chi connectivity index (χ0n) is 14.7. The number of ether oxygens (including phenoxy) is 1. The standard InChI is InChI=1S/C19H23N3O2S/c1-14-15(2)25-19-17(14)12-21(20-8-10-24-11-9-20)13-22(19)18(23)16-6-4-3-5-7-16/h3-7H,8-13H2,1-2H3. The summed E-state index contributed by atoms with van der Waals surface area (Å²) in [7, 11) is 0. The lowest BCUT2D eigenvalue weighted by atomic mass is 10.1. The number of amides is 1. The van der Waals surface area contributed by atoms with Crippen molar-refractivity contribution in [3.05, 3.63) is 51.9 Å². The quantitative estimate of drug-likeness (QED) is 0.828. The van der Waals surface area contributed by atoms with Crippen molar-refractivity contribution in [3.63, 3.8) is 0 Å². The van der Waals surface area contributed by atoms with Crippen molar-refractivity contribution in [2.75, 3.05) is 37.9 Å². The summed E-state index contributed by atoms with van der Waals surface area (Å²) in [5, 5.41) is 5.73. The molecule has 1 saturated heterocycles. The van der Waals surface area contributed by atoms with Crippen molar-refractivity contribution in [2.45, 2.75) is 20.4 Å². The molecule has 132 valence electrons. The second kappa shape index (κ2) is 6.88. The van der Waals surface area contributed by atoms with Gasteiger partial charge in [-0.2, -0.15) is 0 Å². The molecule has 0 aliphatic carbocycles. The van der Waals surface area contributed by atoms with Crippen LogP contribution in [0.4, 0.5) is 5.00 Å². The van der Waals surface area contributed by atoms with Gasteiger partial charge in [-0.1, -0.05) is 18.2 Å². The monoisotopic (exact) mass is 357 g/mol. The van der Waals surface area contributed by atoms with Gasteiger partial charge < -0.3 is 4.74 Å². The third kappa shape index (κ3) is 3.11. The second-order valence-electron chi connectivity index (χ2n) is 6.54. The number of carbonyl (C=O) groups excluding carboxylic acids is 1. The summed E-state index contributed by atoms with van der Waals surface area (Å²) in [6, 6.07) is 9.56. The summed E-state index contributed by atoms with van der Waals surface area (Å²) in [5.41, 5.74) is 3.33. The molecular weight excluding hydrogens is 334 g/mol. The maximum absolute atomic E-state index is 13.2. The minimum atomic E-state index is 0.0704.